The van der Waals surface area contributed by atoms with Crippen LogP contribution in [0.4, 0.5) is 0 Å². The quantitative estimate of drug-likeness (QED) is 0.881. The smallest absolute Gasteiger partial charge is 0.161 e. The second-order valence-corrected chi connectivity index (χ2v) is 5.46. The number of methoxy groups -OCH3 is 1. The number of nitrogens with zero attached hydrogens (tertiary/aromatic N) is 3. The second-order valence-electron chi connectivity index (χ2n) is 5.46. The van der Waals surface area contributed by atoms with E-state index in [1.54, 1.807) is 13.3 Å². The molecule has 0 spiro atoms. The number of ether oxygens (including phenoxy) is 1. The number of aryl methyl sites for hydroxylation is 1. The van der Waals surface area contributed by atoms with Crippen molar-refractivity contribution >= 4 is 0 Å². The molecule has 0 radical (unpaired) electrons. The summed E-state index contributed by atoms with van der Waals surface area (Å²) in [6, 6.07) is 7.91. The molecule has 5 heteroatoms. The van der Waals surface area contributed by atoms with Crippen molar-refractivity contribution in [2.24, 2.45) is 5.73 Å². The molecule has 0 aliphatic heterocycles. The number of aromatic nitrogens is 2. The summed E-state index contributed by atoms with van der Waals surface area (Å²) in [5, 5.41) is 4.42. The highest BCUT2D eigenvalue weighted by Crippen LogP contribution is 2.29. The zero-order valence-corrected chi connectivity index (χ0v) is 13.2. The van der Waals surface area contributed by atoms with Crippen molar-refractivity contribution in [2.75, 3.05) is 27.7 Å². The average molecular weight is 288 g/mol. The second kappa shape index (κ2) is 6.74. The molecule has 0 bridgehead atoms. The Morgan fingerprint density at radius 3 is 2.67 bits per heavy atom. The van der Waals surface area contributed by atoms with E-state index in [4.69, 9.17) is 10.5 Å². The van der Waals surface area contributed by atoms with Crippen LogP contribution in [0.1, 0.15) is 22.9 Å². The molecule has 0 fully saturated rings. The van der Waals surface area contributed by atoms with Gasteiger partial charge >= 0.3 is 0 Å². The molecule has 0 saturated heterocycles. The number of rotatable bonds is 6. The van der Waals surface area contributed by atoms with Gasteiger partial charge in [-0.05, 0) is 32.1 Å². The van der Waals surface area contributed by atoms with Gasteiger partial charge in [-0.1, -0.05) is 24.3 Å². The first-order valence-corrected chi connectivity index (χ1v) is 7.10. The van der Waals surface area contributed by atoms with Gasteiger partial charge in [-0.15, -0.1) is 0 Å². The highest BCUT2D eigenvalue weighted by Gasteiger charge is 2.21. The summed E-state index contributed by atoms with van der Waals surface area (Å²) in [6.45, 7) is 3.76. The molecule has 1 unspecified atom stereocenters. The summed E-state index contributed by atoms with van der Waals surface area (Å²) >= 11 is 0. The zero-order chi connectivity index (χ0) is 15.4. The van der Waals surface area contributed by atoms with Crippen molar-refractivity contribution in [3.05, 3.63) is 47.3 Å². The van der Waals surface area contributed by atoms with Crippen molar-refractivity contribution < 1.29 is 4.74 Å². The van der Waals surface area contributed by atoms with Crippen LogP contribution in [0.25, 0.3) is 0 Å². The maximum atomic E-state index is 6.49. The summed E-state index contributed by atoms with van der Waals surface area (Å²) in [6.07, 6.45) is 1.74. The third-order valence-corrected chi connectivity index (χ3v) is 3.64. The third kappa shape index (κ3) is 3.43. The van der Waals surface area contributed by atoms with Crippen LogP contribution in [-0.2, 0) is 6.54 Å². The number of nitrogens with two attached hydrogens (primary N) is 1. The van der Waals surface area contributed by atoms with E-state index in [0.29, 0.717) is 0 Å². The maximum absolute atomic E-state index is 6.49. The molecule has 21 heavy (non-hydrogen) atoms. The van der Waals surface area contributed by atoms with Gasteiger partial charge in [0, 0.05) is 6.54 Å². The lowest BCUT2D eigenvalue weighted by Gasteiger charge is -2.19. The topological polar surface area (TPSA) is 56.3 Å². The first-order valence-electron chi connectivity index (χ1n) is 7.10. The molecule has 114 valence electrons. The molecule has 1 heterocycles. The molecule has 0 aliphatic rings. The van der Waals surface area contributed by atoms with Crippen molar-refractivity contribution in [3.63, 3.8) is 0 Å². The largest absolute Gasteiger partial charge is 0.493 e. The molecular weight excluding hydrogens is 264 g/mol. The molecule has 2 N–H and O–H groups in total. The van der Waals surface area contributed by atoms with Gasteiger partial charge in [0.2, 0.25) is 0 Å². The lowest BCUT2D eigenvalue weighted by molar-refractivity contribution is 0.363. The van der Waals surface area contributed by atoms with Crippen LogP contribution >= 0.6 is 0 Å². The highest BCUT2D eigenvalue weighted by molar-refractivity contribution is 5.39. The van der Waals surface area contributed by atoms with E-state index in [-0.39, 0.29) is 6.04 Å². The van der Waals surface area contributed by atoms with Crippen molar-refractivity contribution in [1.29, 1.82) is 0 Å². The molecule has 2 aromatic rings. The van der Waals surface area contributed by atoms with Crippen LogP contribution in [-0.4, -0.2) is 42.4 Å². The Balaban J connectivity index is 2.36. The number of likely N-dealkylation sites (N-methyl/N-ethyl adjacent to an activating group) is 1. The minimum Gasteiger partial charge on any atom is -0.493 e. The predicted molar refractivity (Wildman–Crippen MR) is 84.5 cm³/mol. The lowest BCUT2D eigenvalue weighted by atomic mass is 9.99. The Morgan fingerprint density at radius 2 is 2.05 bits per heavy atom. The molecule has 0 saturated carbocycles. The summed E-state index contributed by atoms with van der Waals surface area (Å²) < 4.78 is 7.38. The van der Waals surface area contributed by atoms with Crippen LogP contribution in [0.5, 0.6) is 5.75 Å². The normalized spacial score (nSPS) is 12.7. The monoisotopic (exact) mass is 288 g/mol. The fourth-order valence-electron chi connectivity index (χ4n) is 2.40. The number of hydrogen-bond acceptors (Lipinski definition) is 4. The first kappa shape index (κ1) is 15.5. The summed E-state index contributed by atoms with van der Waals surface area (Å²) in [4.78, 5) is 2.12. The Labute approximate surface area is 126 Å². The van der Waals surface area contributed by atoms with E-state index in [1.165, 1.54) is 5.56 Å². The van der Waals surface area contributed by atoms with E-state index in [1.807, 2.05) is 30.9 Å². The Hall–Kier alpha value is -1.85. The summed E-state index contributed by atoms with van der Waals surface area (Å²) in [7, 11) is 5.74. The first-order chi connectivity index (χ1) is 10.0. The lowest BCUT2D eigenvalue weighted by Crippen LogP contribution is -2.24. The van der Waals surface area contributed by atoms with Gasteiger partial charge < -0.3 is 15.4 Å². The van der Waals surface area contributed by atoms with E-state index in [2.05, 4.69) is 29.1 Å². The van der Waals surface area contributed by atoms with Gasteiger partial charge in [0.25, 0.3) is 0 Å². The van der Waals surface area contributed by atoms with Gasteiger partial charge in [0.1, 0.15) is 5.69 Å². The fourth-order valence-corrected chi connectivity index (χ4v) is 2.40. The Bertz CT molecular complexity index is 592. The van der Waals surface area contributed by atoms with Gasteiger partial charge in [-0.25, -0.2) is 0 Å². The van der Waals surface area contributed by atoms with Gasteiger partial charge in [0.15, 0.2) is 5.75 Å². The molecule has 0 aliphatic carbocycles. The van der Waals surface area contributed by atoms with Crippen molar-refractivity contribution in [2.45, 2.75) is 19.5 Å². The average Bonchev–Trinajstić information content (AvgIpc) is 2.87. The maximum Gasteiger partial charge on any atom is 0.161 e. The molecule has 1 aromatic heterocycles. The van der Waals surface area contributed by atoms with Crippen LogP contribution in [0.15, 0.2) is 30.5 Å². The van der Waals surface area contributed by atoms with E-state index in [9.17, 15) is 0 Å². The molecule has 5 nitrogen and oxygen atoms in total. The van der Waals surface area contributed by atoms with E-state index >= 15 is 0 Å². The van der Waals surface area contributed by atoms with Gasteiger partial charge in [0.05, 0.1) is 25.9 Å². The minimum absolute atomic E-state index is 0.245. The van der Waals surface area contributed by atoms with Crippen LogP contribution in [0.2, 0.25) is 0 Å². The highest BCUT2D eigenvalue weighted by atomic mass is 16.5. The molecular formula is C16H24N4O. The standard InChI is InChI=1S/C16H24N4O/c1-12-7-5-6-8-13(12)15(17)16-14(21-4)11-18-20(16)10-9-19(2)3/h5-8,11,15H,9-10,17H2,1-4H3. The third-order valence-electron chi connectivity index (χ3n) is 3.64. The van der Waals surface area contributed by atoms with Crippen molar-refractivity contribution in [3.8, 4) is 5.75 Å². The SMILES string of the molecule is COc1cnn(CCN(C)C)c1C(N)c1ccccc1C. The van der Waals surface area contributed by atoms with Crippen molar-refractivity contribution in [1.82, 2.24) is 14.7 Å². The summed E-state index contributed by atoms with van der Waals surface area (Å²) in [5.74, 6) is 0.740. The fraction of sp³-hybridized carbons (Fsp3) is 0.438. The molecule has 0 amide bonds. The predicted octanol–water partition coefficient (Wildman–Crippen LogP) is 1.81. The Morgan fingerprint density at radius 1 is 1.33 bits per heavy atom. The van der Waals surface area contributed by atoms with E-state index in [0.717, 1.165) is 30.1 Å². The Kier molecular flexibility index (Phi) is 4.98. The van der Waals surface area contributed by atoms with Crippen LogP contribution < -0.4 is 10.5 Å². The van der Waals surface area contributed by atoms with E-state index < -0.39 is 0 Å². The molecule has 1 aromatic carbocycles. The zero-order valence-electron chi connectivity index (χ0n) is 13.2. The summed E-state index contributed by atoms with van der Waals surface area (Å²) in [5.41, 5.74) is 9.69. The van der Waals surface area contributed by atoms with Crippen LogP contribution in [0, 0.1) is 6.92 Å². The van der Waals surface area contributed by atoms with Gasteiger partial charge in [-0.3, -0.25) is 4.68 Å². The molecule has 1 atom stereocenters. The van der Waals surface area contributed by atoms with Crippen LogP contribution in [0.3, 0.4) is 0 Å². The number of hydrogen-bond donors (Lipinski definition) is 1. The number of benzene rings is 1. The molecule has 2 rings (SSSR count). The van der Waals surface area contributed by atoms with Gasteiger partial charge in [-0.2, -0.15) is 5.10 Å². The minimum atomic E-state index is -0.245.